The first-order valence-corrected chi connectivity index (χ1v) is 13.7. The van der Waals surface area contributed by atoms with Gasteiger partial charge in [-0.05, 0) is 49.2 Å². The fourth-order valence-electron chi connectivity index (χ4n) is 5.45. The van der Waals surface area contributed by atoms with Gasteiger partial charge in [0, 0.05) is 63.9 Å². The molecule has 4 rings (SSSR count). The van der Waals surface area contributed by atoms with E-state index in [1.54, 1.807) is 17.0 Å². The summed E-state index contributed by atoms with van der Waals surface area (Å²) >= 11 is 0. The average molecular weight is 526 g/mol. The summed E-state index contributed by atoms with van der Waals surface area (Å²) < 4.78 is 5.40. The summed E-state index contributed by atoms with van der Waals surface area (Å²) in [7, 11) is 0. The molecule has 1 saturated carbocycles. The number of allylic oxidation sites excluding steroid dienone is 2. The zero-order chi connectivity index (χ0) is 26.7. The van der Waals surface area contributed by atoms with Crippen LogP contribution in [0.1, 0.15) is 50.1 Å². The molecule has 0 radical (unpaired) electrons. The number of amides is 2. The number of nitro benzene ring substituents is 1. The van der Waals surface area contributed by atoms with E-state index in [1.165, 1.54) is 12.1 Å². The Kier molecular flexibility index (Phi) is 10.3. The number of morpholine rings is 1. The van der Waals surface area contributed by atoms with Crippen molar-refractivity contribution < 1.29 is 19.2 Å². The van der Waals surface area contributed by atoms with Crippen LogP contribution in [0.5, 0.6) is 0 Å². The summed E-state index contributed by atoms with van der Waals surface area (Å²) in [5, 5.41) is 14.3. The van der Waals surface area contributed by atoms with Crippen molar-refractivity contribution >= 4 is 17.5 Å². The Morgan fingerprint density at radius 2 is 1.84 bits per heavy atom. The Labute approximate surface area is 224 Å². The standard InChI is InChI=1S/C28H39N5O5/c34-26(9-6-17-30-15-4-1-5-16-30)32(24-7-2-3-8-24)27(23-10-12-25(13-11-23)33(36)37)28(35)29-14-18-31-19-21-38-22-20-31/h1,4-5,10-13,15,24,27H,2-3,6-9,14,16-22H2,(H,29,35). The van der Waals surface area contributed by atoms with E-state index in [2.05, 4.69) is 21.2 Å². The number of hydrogen-bond acceptors (Lipinski definition) is 7. The van der Waals surface area contributed by atoms with Crippen LogP contribution in [0.4, 0.5) is 5.69 Å². The molecule has 38 heavy (non-hydrogen) atoms. The van der Waals surface area contributed by atoms with E-state index in [-0.39, 0.29) is 23.5 Å². The van der Waals surface area contributed by atoms with Crippen molar-refractivity contribution in [1.82, 2.24) is 20.0 Å². The summed E-state index contributed by atoms with van der Waals surface area (Å²) in [5.74, 6) is -0.281. The van der Waals surface area contributed by atoms with Crippen LogP contribution in [0.25, 0.3) is 0 Å². The van der Waals surface area contributed by atoms with Crippen molar-refractivity contribution in [1.29, 1.82) is 0 Å². The smallest absolute Gasteiger partial charge is 0.269 e. The van der Waals surface area contributed by atoms with Gasteiger partial charge in [0.2, 0.25) is 11.8 Å². The Balaban J connectivity index is 1.50. The topological polar surface area (TPSA) is 108 Å². The van der Waals surface area contributed by atoms with Gasteiger partial charge in [0.1, 0.15) is 6.04 Å². The molecule has 2 amide bonds. The van der Waals surface area contributed by atoms with Crippen LogP contribution in [0.2, 0.25) is 0 Å². The summed E-state index contributed by atoms with van der Waals surface area (Å²) in [6.07, 6.45) is 12.9. The lowest BCUT2D eigenvalue weighted by Crippen LogP contribution is -2.49. The average Bonchev–Trinajstić information content (AvgIpc) is 3.47. The van der Waals surface area contributed by atoms with Crippen LogP contribution in [-0.2, 0) is 14.3 Å². The monoisotopic (exact) mass is 525 g/mol. The third-order valence-electron chi connectivity index (χ3n) is 7.50. The highest BCUT2D eigenvalue weighted by Crippen LogP contribution is 2.33. The number of benzene rings is 1. The minimum Gasteiger partial charge on any atom is -0.379 e. The van der Waals surface area contributed by atoms with Gasteiger partial charge in [-0.1, -0.05) is 25.0 Å². The van der Waals surface area contributed by atoms with Crippen molar-refractivity contribution in [2.75, 3.05) is 52.5 Å². The molecule has 0 aromatic heterocycles. The van der Waals surface area contributed by atoms with Gasteiger partial charge < -0.3 is 19.9 Å². The van der Waals surface area contributed by atoms with Crippen LogP contribution in [0.3, 0.4) is 0 Å². The van der Waals surface area contributed by atoms with Crippen LogP contribution < -0.4 is 5.32 Å². The van der Waals surface area contributed by atoms with Gasteiger partial charge >= 0.3 is 0 Å². The van der Waals surface area contributed by atoms with Crippen molar-refractivity contribution in [3.63, 3.8) is 0 Å². The van der Waals surface area contributed by atoms with E-state index in [0.717, 1.165) is 51.9 Å². The molecule has 10 nitrogen and oxygen atoms in total. The van der Waals surface area contributed by atoms with Gasteiger partial charge in [0.15, 0.2) is 0 Å². The number of ether oxygens (including phenoxy) is 1. The number of carbonyl (C=O) groups is 2. The molecule has 206 valence electrons. The van der Waals surface area contributed by atoms with Crippen LogP contribution in [-0.4, -0.2) is 90.0 Å². The molecule has 1 unspecified atom stereocenters. The minimum absolute atomic E-state index is 0.0227. The number of non-ortho nitro benzene ring substituents is 1. The second kappa shape index (κ2) is 14.1. The fourth-order valence-corrected chi connectivity index (χ4v) is 5.45. The van der Waals surface area contributed by atoms with E-state index in [9.17, 15) is 19.7 Å². The quantitative estimate of drug-likeness (QED) is 0.330. The number of nitro groups is 1. The summed E-state index contributed by atoms with van der Waals surface area (Å²) in [6.45, 7) is 5.79. The van der Waals surface area contributed by atoms with Gasteiger partial charge in [-0.2, -0.15) is 0 Å². The van der Waals surface area contributed by atoms with Crippen molar-refractivity contribution in [3.05, 3.63) is 64.4 Å². The van der Waals surface area contributed by atoms with E-state index in [4.69, 9.17) is 4.74 Å². The maximum absolute atomic E-state index is 13.8. The van der Waals surface area contributed by atoms with Gasteiger partial charge in [-0.25, -0.2) is 0 Å². The molecule has 10 heteroatoms. The molecule has 2 fully saturated rings. The Hall–Kier alpha value is -3.24. The molecule has 2 aliphatic heterocycles. The third kappa shape index (κ3) is 7.64. The molecule has 1 N–H and O–H groups in total. The normalized spacial score (nSPS) is 18.9. The highest BCUT2D eigenvalue weighted by atomic mass is 16.6. The number of hydrogen-bond donors (Lipinski definition) is 1. The zero-order valence-electron chi connectivity index (χ0n) is 22.0. The van der Waals surface area contributed by atoms with Crippen molar-refractivity contribution in [3.8, 4) is 0 Å². The van der Waals surface area contributed by atoms with Crippen LogP contribution in [0, 0.1) is 10.1 Å². The van der Waals surface area contributed by atoms with E-state index in [0.29, 0.717) is 44.7 Å². The molecule has 1 aliphatic carbocycles. The van der Waals surface area contributed by atoms with E-state index in [1.807, 2.05) is 18.4 Å². The second-order valence-electron chi connectivity index (χ2n) is 10.1. The largest absolute Gasteiger partial charge is 0.379 e. The molecule has 0 spiro atoms. The second-order valence-corrected chi connectivity index (χ2v) is 10.1. The lowest BCUT2D eigenvalue weighted by atomic mass is 9.99. The molecule has 1 atom stereocenters. The van der Waals surface area contributed by atoms with Gasteiger partial charge in [0.05, 0.1) is 18.1 Å². The Morgan fingerprint density at radius 1 is 1.11 bits per heavy atom. The summed E-state index contributed by atoms with van der Waals surface area (Å²) in [5.41, 5.74) is 0.562. The first kappa shape index (κ1) is 27.8. The highest BCUT2D eigenvalue weighted by molar-refractivity contribution is 5.89. The number of nitrogens with one attached hydrogen (secondary N) is 1. The Bertz CT molecular complexity index is 999. The predicted molar refractivity (Wildman–Crippen MR) is 144 cm³/mol. The lowest BCUT2D eigenvalue weighted by molar-refractivity contribution is -0.384. The summed E-state index contributed by atoms with van der Waals surface area (Å²) in [6, 6.07) is 5.21. The SMILES string of the molecule is O=C(NCCN1CCOCC1)C(c1ccc([N+](=O)[O-])cc1)N(C(=O)CCCN1C=CC=CC1)C1CCCC1. The van der Waals surface area contributed by atoms with Crippen LogP contribution in [0.15, 0.2) is 48.7 Å². The zero-order valence-corrected chi connectivity index (χ0v) is 22.0. The number of carbonyl (C=O) groups excluding carboxylic acids is 2. The summed E-state index contributed by atoms with van der Waals surface area (Å²) in [4.78, 5) is 44.5. The number of rotatable bonds is 12. The molecule has 1 aromatic carbocycles. The number of nitrogens with zero attached hydrogens (tertiary/aromatic N) is 4. The highest BCUT2D eigenvalue weighted by Gasteiger charge is 2.37. The first-order chi connectivity index (χ1) is 18.5. The molecule has 1 saturated heterocycles. The van der Waals surface area contributed by atoms with Gasteiger partial charge in [-0.15, -0.1) is 0 Å². The maximum atomic E-state index is 13.8. The molecule has 3 aliphatic rings. The van der Waals surface area contributed by atoms with Gasteiger partial charge in [0.25, 0.3) is 5.69 Å². The molecule has 1 aromatic rings. The van der Waals surface area contributed by atoms with E-state index < -0.39 is 11.0 Å². The molecule has 2 heterocycles. The molecular formula is C28H39N5O5. The lowest BCUT2D eigenvalue weighted by Gasteiger charge is -2.36. The Morgan fingerprint density at radius 3 is 2.50 bits per heavy atom. The van der Waals surface area contributed by atoms with Crippen LogP contribution >= 0.6 is 0 Å². The van der Waals surface area contributed by atoms with Gasteiger partial charge in [-0.3, -0.25) is 24.6 Å². The fraction of sp³-hybridized carbons (Fsp3) is 0.571. The first-order valence-electron chi connectivity index (χ1n) is 13.7. The van der Waals surface area contributed by atoms with E-state index >= 15 is 0 Å². The molecular weight excluding hydrogens is 486 g/mol. The minimum atomic E-state index is -0.825. The maximum Gasteiger partial charge on any atom is 0.269 e. The van der Waals surface area contributed by atoms with Crippen molar-refractivity contribution in [2.45, 2.75) is 50.6 Å². The predicted octanol–water partition coefficient (Wildman–Crippen LogP) is 3.02. The molecule has 0 bridgehead atoms. The van der Waals surface area contributed by atoms with Crippen molar-refractivity contribution in [2.24, 2.45) is 0 Å². The third-order valence-corrected chi connectivity index (χ3v) is 7.50.